The minimum atomic E-state index is 0.224. The second kappa shape index (κ2) is 5.74. The first-order valence-corrected chi connectivity index (χ1v) is 7.36. The topological polar surface area (TPSA) is 61.0 Å². The van der Waals surface area contributed by atoms with Crippen molar-refractivity contribution in [2.75, 3.05) is 13.1 Å². The number of hydrogen-bond donors (Lipinski definition) is 2. The van der Waals surface area contributed by atoms with Crippen molar-refractivity contribution in [3.8, 4) is 0 Å². The van der Waals surface area contributed by atoms with Gasteiger partial charge in [0.25, 0.3) is 0 Å². The molecule has 0 saturated carbocycles. The Kier molecular flexibility index (Phi) is 3.82. The Morgan fingerprint density at radius 1 is 1.37 bits per heavy atom. The molecule has 1 aromatic rings. The van der Waals surface area contributed by atoms with Gasteiger partial charge in [-0.15, -0.1) is 0 Å². The van der Waals surface area contributed by atoms with Gasteiger partial charge >= 0.3 is 0 Å². The molecule has 2 aliphatic rings. The van der Waals surface area contributed by atoms with Gasteiger partial charge in [0.05, 0.1) is 12.2 Å². The Labute approximate surface area is 113 Å². The van der Waals surface area contributed by atoms with Gasteiger partial charge in [0.2, 0.25) is 5.91 Å². The Morgan fingerprint density at radius 3 is 3.05 bits per heavy atom. The zero-order chi connectivity index (χ0) is 13.1. The molecule has 104 valence electrons. The molecule has 2 unspecified atom stereocenters. The number of nitrogens with one attached hydrogen (secondary N) is 2. The number of aromatic amines is 1. The summed E-state index contributed by atoms with van der Waals surface area (Å²) in [7, 11) is 0. The molecule has 5 nitrogen and oxygen atoms in total. The van der Waals surface area contributed by atoms with Crippen molar-refractivity contribution in [1.29, 1.82) is 0 Å². The molecule has 2 N–H and O–H groups in total. The normalized spacial score (nSPS) is 27.7. The van der Waals surface area contributed by atoms with Crippen LogP contribution in [0.5, 0.6) is 0 Å². The van der Waals surface area contributed by atoms with Crippen LogP contribution >= 0.6 is 0 Å². The van der Waals surface area contributed by atoms with Crippen molar-refractivity contribution in [2.45, 2.75) is 50.6 Å². The van der Waals surface area contributed by atoms with Crippen molar-refractivity contribution in [3.63, 3.8) is 0 Å². The molecule has 2 aliphatic heterocycles. The van der Waals surface area contributed by atoms with Crippen LogP contribution in [0.3, 0.4) is 0 Å². The summed E-state index contributed by atoms with van der Waals surface area (Å²) in [4.78, 5) is 14.6. The van der Waals surface area contributed by atoms with Crippen LogP contribution in [-0.4, -0.2) is 40.1 Å². The first-order valence-electron chi connectivity index (χ1n) is 7.36. The van der Waals surface area contributed by atoms with Gasteiger partial charge < -0.3 is 10.2 Å². The largest absolute Gasteiger partial charge is 0.335 e. The maximum absolute atomic E-state index is 12.5. The lowest BCUT2D eigenvalue weighted by Crippen LogP contribution is -2.41. The number of hydrogen-bond acceptors (Lipinski definition) is 3. The number of carbonyl (C=O) groups is 1. The lowest BCUT2D eigenvalue weighted by Gasteiger charge is -2.36. The molecule has 0 aliphatic carbocycles. The Hall–Kier alpha value is -1.36. The second-order valence-electron chi connectivity index (χ2n) is 5.63. The van der Waals surface area contributed by atoms with Gasteiger partial charge in [-0.25, -0.2) is 0 Å². The van der Waals surface area contributed by atoms with Crippen molar-refractivity contribution in [2.24, 2.45) is 0 Å². The lowest BCUT2D eigenvalue weighted by atomic mass is 9.96. The van der Waals surface area contributed by atoms with E-state index < -0.39 is 0 Å². The van der Waals surface area contributed by atoms with Crippen LogP contribution in [-0.2, 0) is 4.79 Å². The summed E-state index contributed by atoms with van der Waals surface area (Å²) in [5.74, 6) is 0.297. The molecule has 0 aromatic carbocycles. The smallest absolute Gasteiger partial charge is 0.224 e. The highest BCUT2D eigenvalue weighted by Crippen LogP contribution is 2.31. The first-order chi connectivity index (χ1) is 9.34. The monoisotopic (exact) mass is 262 g/mol. The van der Waals surface area contributed by atoms with E-state index in [9.17, 15) is 4.79 Å². The van der Waals surface area contributed by atoms with Crippen molar-refractivity contribution < 1.29 is 4.79 Å². The molecule has 0 spiro atoms. The fraction of sp³-hybridized carbons (Fsp3) is 0.714. The van der Waals surface area contributed by atoms with E-state index in [-0.39, 0.29) is 6.04 Å². The minimum absolute atomic E-state index is 0.224. The highest BCUT2D eigenvalue weighted by Gasteiger charge is 2.30. The van der Waals surface area contributed by atoms with Gasteiger partial charge in [-0.2, -0.15) is 5.10 Å². The number of rotatable bonds is 3. The van der Waals surface area contributed by atoms with Gasteiger partial charge in [-0.1, -0.05) is 0 Å². The van der Waals surface area contributed by atoms with Gasteiger partial charge in [-0.05, 0) is 38.6 Å². The van der Waals surface area contributed by atoms with E-state index in [0.717, 1.165) is 37.9 Å². The molecule has 1 amide bonds. The van der Waals surface area contributed by atoms with Crippen LogP contribution in [0, 0.1) is 0 Å². The van der Waals surface area contributed by atoms with E-state index in [4.69, 9.17) is 0 Å². The van der Waals surface area contributed by atoms with E-state index >= 15 is 0 Å². The van der Waals surface area contributed by atoms with Crippen LogP contribution in [0.4, 0.5) is 0 Å². The van der Waals surface area contributed by atoms with Gasteiger partial charge in [0, 0.05) is 30.8 Å². The minimum Gasteiger partial charge on any atom is -0.335 e. The molecule has 2 fully saturated rings. The Balaban J connectivity index is 1.67. The zero-order valence-electron chi connectivity index (χ0n) is 11.3. The summed E-state index contributed by atoms with van der Waals surface area (Å²) in [5, 5.41) is 10.3. The van der Waals surface area contributed by atoms with Gasteiger partial charge in [0.1, 0.15) is 0 Å². The van der Waals surface area contributed by atoms with E-state index in [0.29, 0.717) is 18.4 Å². The van der Waals surface area contributed by atoms with Gasteiger partial charge in [0.15, 0.2) is 0 Å². The molecule has 19 heavy (non-hydrogen) atoms. The van der Waals surface area contributed by atoms with E-state index in [2.05, 4.69) is 20.4 Å². The summed E-state index contributed by atoms with van der Waals surface area (Å²) >= 11 is 0. The number of amides is 1. The van der Waals surface area contributed by atoms with Crippen molar-refractivity contribution in [1.82, 2.24) is 20.4 Å². The SMILES string of the molecule is O=C(CC1CCCN1)N1CCCCC1c1cn[nH]c1. The Morgan fingerprint density at radius 2 is 2.32 bits per heavy atom. The number of H-pyrrole nitrogens is 1. The average Bonchev–Trinajstić information content (AvgIpc) is 3.11. The third kappa shape index (κ3) is 2.81. The standard InChI is InChI=1S/C14H22N4O/c19-14(8-12-4-3-6-15-12)18-7-2-1-5-13(18)11-9-16-17-10-11/h9-10,12-13,15H,1-8H2,(H,16,17). The number of carbonyl (C=O) groups excluding carboxylic acids is 1. The lowest BCUT2D eigenvalue weighted by molar-refractivity contribution is -0.135. The summed E-state index contributed by atoms with van der Waals surface area (Å²) in [5.41, 5.74) is 1.15. The molecule has 3 heterocycles. The number of aromatic nitrogens is 2. The summed E-state index contributed by atoms with van der Waals surface area (Å²) in [6, 6.07) is 0.612. The predicted octanol–water partition coefficient (Wildman–Crippen LogP) is 1.61. The van der Waals surface area contributed by atoms with Crippen molar-refractivity contribution >= 4 is 5.91 Å². The molecule has 1 aromatic heterocycles. The summed E-state index contributed by atoms with van der Waals surface area (Å²) < 4.78 is 0. The van der Waals surface area contributed by atoms with E-state index in [1.165, 1.54) is 12.8 Å². The maximum Gasteiger partial charge on any atom is 0.224 e. The first kappa shape index (κ1) is 12.7. The average molecular weight is 262 g/mol. The quantitative estimate of drug-likeness (QED) is 0.870. The van der Waals surface area contributed by atoms with E-state index in [1.807, 2.05) is 12.4 Å². The Bertz CT molecular complexity index is 411. The molecule has 2 saturated heterocycles. The molecule has 0 bridgehead atoms. The van der Waals surface area contributed by atoms with Crippen LogP contribution in [0.15, 0.2) is 12.4 Å². The highest BCUT2D eigenvalue weighted by atomic mass is 16.2. The van der Waals surface area contributed by atoms with Crippen LogP contribution < -0.4 is 5.32 Å². The third-order valence-corrected chi connectivity index (χ3v) is 4.31. The van der Waals surface area contributed by atoms with Gasteiger partial charge in [-0.3, -0.25) is 9.89 Å². The van der Waals surface area contributed by atoms with Crippen LogP contribution in [0.1, 0.15) is 50.1 Å². The predicted molar refractivity (Wildman–Crippen MR) is 72.5 cm³/mol. The fourth-order valence-electron chi connectivity index (χ4n) is 3.28. The fourth-order valence-corrected chi connectivity index (χ4v) is 3.28. The molecule has 5 heteroatoms. The number of nitrogens with zero attached hydrogens (tertiary/aromatic N) is 2. The van der Waals surface area contributed by atoms with Crippen LogP contribution in [0.2, 0.25) is 0 Å². The number of likely N-dealkylation sites (tertiary alicyclic amines) is 1. The molecule has 0 radical (unpaired) electrons. The highest BCUT2D eigenvalue weighted by molar-refractivity contribution is 5.77. The van der Waals surface area contributed by atoms with E-state index in [1.54, 1.807) is 0 Å². The second-order valence-corrected chi connectivity index (χ2v) is 5.63. The maximum atomic E-state index is 12.5. The third-order valence-electron chi connectivity index (χ3n) is 4.31. The molecule has 2 atom stereocenters. The molecule has 3 rings (SSSR count). The number of piperidine rings is 1. The zero-order valence-corrected chi connectivity index (χ0v) is 11.3. The van der Waals surface area contributed by atoms with Crippen LogP contribution in [0.25, 0.3) is 0 Å². The summed E-state index contributed by atoms with van der Waals surface area (Å²) in [6.45, 7) is 1.95. The molecular formula is C14H22N4O. The molecular weight excluding hydrogens is 240 g/mol. The van der Waals surface area contributed by atoms with Crippen molar-refractivity contribution in [3.05, 3.63) is 18.0 Å². The summed E-state index contributed by atoms with van der Waals surface area (Å²) in [6.07, 6.45) is 10.1.